The predicted molar refractivity (Wildman–Crippen MR) is 123 cm³/mol. The van der Waals surface area contributed by atoms with Crippen LogP contribution in [0.5, 0.6) is 23.0 Å². The van der Waals surface area contributed by atoms with Crippen LogP contribution < -0.4 is 18.9 Å². The molecule has 0 aliphatic carbocycles. The number of benzene rings is 2. The van der Waals surface area contributed by atoms with Crippen LogP contribution in [0.15, 0.2) is 24.3 Å². The lowest BCUT2D eigenvalue weighted by molar-refractivity contribution is -0.387. The Bertz CT molecular complexity index is 1420. The molecule has 16 nitrogen and oxygen atoms in total. The third-order valence-corrected chi connectivity index (χ3v) is 6.38. The third-order valence-electron chi connectivity index (χ3n) is 6.38. The van der Waals surface area contributed by atoms with Gasteiger partial charge in [-0.2, -0.15) is 0 Å². The lowest BCUT2D eigenvalue weighted by atomic mass is 9.99. The number of ether oxygens (including phenoxy) is 6. The highest BCUT2D eigenvalue weighted by atomic mass is 16.7. The molecule has 2 atom stereocenters. The highest BCUT2D eigenvalue weighted by Crippen LogP contribution is 2.46. The standard InChI is InChI=1S/C23H19N3O13/c1-11(12-5-16-18(36-9-34-16)7-14(12)25(30)31)38-22(29)39-23(2,24-20(27)3-4-21(24)28)13-6-17-19(37-10-35-17)8-15(13)26(32)33/h5-8,11H,3-4,9-10H2,1-2H3. The molecule has 2 aromatic rings. The first-order valence-corrected chi connectivity index (χ1v) is 11.4. The second kappa shape index (κ2) is 9.30. The molecule has 2 unspecified atom stereocenters. The molecule has 2 amide bonds. The Balaban J connectivity index is 1.51. The molecule has 0 spiro atoms. The molecule has 204 valence electrons. The number of hydrogen-bond acceptors (Lipinski definition) is 13. The summed E-state index contributed by atoms with van der Waals surface area (Å²) in [7, 11) is 0. The van der Waals surface area contributed by atoms with Crippen molar-refractivity contribution in [3.05, 3.63) is 55.6 Å². The van der Waals surface area contributed by atoms with Crippen LogP contribution in [0.4, 0.5) is 16.2 Å². The van der Waals surface area contributed by atoms with Crippen molar-refractivity contribution >= 4 is 29.3 Å². The molecule has 0 saturated carbocycles. The Kier molecular flexibility index (Phi) is 6.08. The third kappa shape index (κ3) is 4.34. The molecule has 0 bridgehead atoms. The lowest BCUT2D eigenvalue weighted by Crippen LogP contribution is -2.50. The monoisotopic (exact) mass is 545 g/mol. The number of fused-ring (bicyclic) bond motifs is 2. The van der Waals surface area contributed by atoms with E-state index < -0.39 is 51.0 Å². The SMILES string of the molecule is CC(OC(=O)OC(C)(c1cc2c(cc1[N+](=O)[O-])OCO2)N1C(=O)CCC1=O)c1cc2c(cc1[N+](=O)[O-])OCO2. The molecule has 0 radical (unpaired) electrons. The zero-order valence-electron chi connectivity index (χ0n) is 20.4. The summed E-state index contributed by atoms with van der Waals surface area (Å²) in [5.41, 5.74) is -3.84. The summed E-state index contributed by atoms with van der Waals surface area (Å²) in [6.07, 6.45) is -3.21. The van der Waals surface area contributed by atoms with Crippen LogP contribution in [0.1, 0.15) is 43.9 Å². The van der Waals surface area contributed by atoms with Gasteiger partial charge >= 0.3 is 6.16 Å². The van der Waals surface area contributed by atoms with Crippen LogP contribution in [0.2, 0.25) is 0 Å². The highest BCUT2D eigenvalue weighted by Gasteiger charge is 2.52. The minimum Gasteiger partial charge on any atom is -0.454 e. The van der Waals surface area contributed by atoms with Gasteiger partial charge in [-0.15, -0.1) is 0 Å². The molecule has 1 fully saturated rings. The molecular formula is C23H19N3O13. The molecule has 3 aliphatic heterocycles. The molecular weight excluding hydrogens is 526 g/mol. The maximum atomic E-state index is 13.1. The molecule has 0 aromatic heterocycles. The summed E-state index contributed by atoms with van der Waals surface area (Å²) < 4.78 is 31.7. The van der Waals surface area contributed by atoms with Crippen molar-refractivity contribution in [2.45, 2.75) is 38.5 Å². The molecule has 5 rings (SSSR count). The van der Waals surface area contributed by atoms with E-state index in [1.165, 1.54) is 13.0 Å². The first kappa shape index (κ1) is 25.5. The number of imide groups is 1. The fourth-order valence-electron chi connectivity index (χ4n) is 4.55. The first-order chi connectivity index (χ1) is 18.5. The zero-order valence-corrected chi connectivity index (χ0v) is 20.4. The van der Waals surface area contributed by atoms with Crippen LogP contribution in [0.3, 0.4) is 0 Å². The Morgan fingerprint density at radius 1 is 0.897 bits per heavy atom. The van der Waals surface area contributed by atoms with Crippen LogP contribution in [-0.2, 0) is 24.8 Å². The van der Waals surface area contributed by atoms with Gasteiger partial charge in [0, 0.05) is 25.8 Å². The number of likely N-dealkylation sites (tertiary alicyclic amines) is 1. The summed E-state index contributed by atoms with van der Waals surface area (Å²) >= 11 is 0. The fourth-order valence-corrected chi connectivity index (χ4v) is 4.55. The normalized spacial score (nSPS) is 17.5. The number of rotatable bonds is 7. The minimum atomic E-state index is -2.36. The van der Waals surface area contributed by atoms with Gasteiger partial charge < -0.3 is 28.4 Å². The van der Waals surface area contributed by atoms with E-state index in [4.69, 9.17) is 28.4 Å². The summed E-state index contributed by atoms with van der Waals surface area (Å²) in [4.78, 5) is 61.2. The molecule has 0 N–H and O–H groups in total. The maximum absolute atomic E-state index is 13.1. The fraction of sp³-hybridized carbons (Fsp3) is 0.348. The van der Waals surface area contributed by atoms with E-state index >= 15 is 0 Å². The van der Waals surface area contributed by atoms with Gasteiger partial charge in [-0.05, 0) is 13.0 Å². The molecule has 16 heteroatoms. The minimum absolute atomic E-state index is 0.0400. The van der Waals surface area contributed by atoms with E-state index in [0.29, 0.717) is 4.90 Å². The van der Waals surface area contributed by atoms with E-state index in [9.17, 15) is 34.6 Å². The average molecular weight is 545 g/mol. The Labute approximate surface area is 218 Å². The second-order valence-corrected chi connectivity index (χ2v) is 8.72. The van der Waals surface area contributed by atoms with Crippen molar-refractivity contribution in [3.63, 3.8) is 0 Å². The van der Waals surface area contributed by atoms with E-state index in [0.717, 1.165) is 25.1 Å². The van der Waals surface area contributed by atoms with Crippen LogP contribution in [0.25, 0.3) is 0 Å². The quantitative estimate of drug-likeness (QED) is 0.213. The summed E-state index contributed by atoms with van der Waals surface area (Å²) in [5, 5.41) is 23.6. The molecule has 39 heavy (non-hydrogen) atoms. The van der Waals surface area contributed by atoms with Gasteiger partial charge in [-0.25, -0.2) is 9.69 Å². The Morgan fingerprint density at radius 2 is 1.38 bits per heavy atom. The van der Waals surface area contributed by atoms with Crippen molar-refractivity contribution in [2.24, 2.45) is 0 Å². The first-order valence-electron chi connectivity index (χ1n) is 11.4. The number of nitro benzene ring substituents is 2. The maximum Gasteiger partial charge on any atom is 0.511 e. The van der Waals surface area contributed by atoms with Crippen LogP contribution in [0, 0.1) is 20.2 Å². The van der Waals surface area contributed by atoms with Crippen molar-refractivity contribution < 1.29 is 52.7 Å². The van der Waals surface area contributed by atoms with E-state index in [1.54, 1.807) is 0 Å². The number of carbonyl (C=O) groups is 3. The van der Waals surface area contributed by atoms with Gasteiger partial charge in [0.25, 0.3) is 11.4 Å². The second-order valence-electron chi connectivity index (χ2n) is 8.72. The van der Waals surface area contributed by atoms with Gasteiger partial charge in [-0.3, -0.25) is 29.8 Å². The van der Waals surface area contributed by atoms with Crippen LogP contribution in [-0.4, -0.2) is 46.3 Å². The van der Waals surface area contributed by atoms with Crippen molar-refractivity contribution in [1.82, 2.24) is 4.90 Å². The van der Waals surface area contributed by atoms with E-state index in [-0.39, 0.29) is 60.6 Å². The summed E-state index contributed by atoms with van der Waals surface area (Å²) in [6.45, 7) is 2.05. The summed E-state index contributed by atoms with van der Waals surface area (Å²) in [5.74, 6) is -1.08. The zero-order chi connectivity index (χ0) is 28.1. The molecule has 2 aromatic carbocycles. The largest absolute Gasteiger partial charge is 0.511 e. The van der Waals surface area contributed by atoms with Gasteiger partial charge in [0.1, 0.15) is 6.10 Å². The predicted octanol–water partition coefficient (Wildman–Crippen LogP) is 3.20. The number of nitro groups is 2. The average Bonchev–Trinajstić information content (AvgIpc) is 3.61. The topological polar surface area (TPSA) is 196 Å². The smallest absolute Gasteiger partial charge is 0.454 e. The van der Waals surface area contributed by atoms with Crippen molar-refractivity contribution in [2.75, 3.05) is 13.6 Å². The van der Waals surface area contributed by atoms with Gasteiger partial charge in [0.15, 0.2) is 23.0 Å². The Hall–Kier alpha value is -5.15. The van der Waals surface area contributed by atoms with Gasteiger partial charge in [-0.1, -0.05) is 0 Å². The van der Waals surface area contributed by atoms with E-state index in [2.05, 4.69) is 0 Å². The van der Waals surface area contributed by atoms with Crippen molar-refractivity contribution in [1.29, 1.82) is 0 Å². The number of carbonyl (C=O) groups excluding carboxylic acids is 3. The number of hydrogen-bond donors (Lipinski definition) is 0. The van der Waals surface area contributed by atoms with Gasteiger partial charge in [0.05, 0.1) is 33.1 Å². The van der Waals surface area contributed by atoms with E-state index in [1.807, 2.05) is 0 Å². The molecule has 1 saturated heterocycles. The Morgan fingerprint density at radius 3 is 1.92 bits per heavy atom. The number of amides is 2. The van der Waals surface area contributed by atoms with Crippen molar-refractivity contribution in [3.8, 4) is 23.0 Å². The summed E-state index contributed by atoms with van der Waals surface area (Å²) in [6, 6.07) is 4.55. The number of nitrogens with zero attached hydrogens (tertiary/aromatic N) is 3. The lowest BCUT2D eigenvalue weighted by Gasteiger charge is -2.36. The molecule has 3 heterocycles. The molecule has 3 aliphatic rings. The highest BCUT2D eigenvalue weighted by molar-refractivity contribution is 6.03. The van der Waals surface area contributed by atoms with Gasteiger partial charge in [0.2, 0.25) is 31.1 Å². The van der Waals surface area contributed by atoms with Crippen LogP contribution >= 0.6 is 0 Å².